The molecule has 2 nitrogen and oxygen atoms in total. The molecule has 1 aromatic carbocycles. The molecule has 2 rings (SSSR count). The number of rotatable bonds is 3. The lowest BCUT2D eigenvalue weighted by molar-refractivity contribution is -0.139. The van der Waals surface area contributed by atoms with Crippen molar-refractivity contribution >= 4 is 33.7 Å². The zero-order chi connectivity index (χ0) is 12.5. The largest absolute Gasteiger partial charge is 0.480 e. The Labute approximate surface area is 112 Å². The molecule has 1 aliphatic heterocycles. The molecule has 17 heavy (non-hydrogen) atoms. The van der Waals surface area contributed by atoms with Crippen LogP contribution >= 0.6 is 27.7 Å². The van der Waals surface area contributed by atoms with Gasteiger partial charge in [0.05, 0.1) is 0 Å². The van der Waals surface area contributed by atoms with E-state index in [-0.39, 0.29) is 5.82 Å². The van der Waals surface area contributed by atoms with Crippen molar-refractivity contribution in [3.63, 3.8) is 0 Å². The normalized spacial score (nSPS) is 23.9. The van der Waals surface area contributed by atoms with Gasteiger partial charge < -0.3 is 5.11 Å². The molecule has 1 N–H and O–H groups in total. The van der Waals surface area contributed by atoms with Gasteiger partial charge >= 0.3 is 5.97 Å². The Morgan fingerprint density at radius 1 is 1.53 bits per heavy atom. The molecule has 1 heterocycles. The van der Waals surface area contributed by atoms with Crippen LogP contribution in [0.15, 0.2) is 22.7 Å². The number of carboxylic acid groups (broad SMARTS) is 1. The van der Waals surface area contributed by atoms with Crippen LogP contribution < -0.4 is 0 Å². The third-order valence-corrected chi connectivity index (χ3v) is 4.93. The van der Waals surface area contributed by atoms with Gasteiger partial charge in [-0.05, 0) is 48.8 Å². The smallest absolute Gasteiger partial charge is 0.320 e. The molecule has 1 saturated heterocycles. The van der Waals surface area contributed by atoms with Crippen LogP contribution in [0.2, 0.25) is 0 Å². The van der Waals surface area contributed by atoms with Crippen LogP contribution in [0.1, 0.15) is 18.4 Å². The van der Waals surface area contributed by atoms with E-state index in [1.54, 1.807) is 6.07 Å². The van der Waals surface area contributed by atoms with Gasteiger partial charge in [0, 0.05) is 4.47 Å². The molecular weight excluding hydrogens is 307 g/mol. The van der Waals surface area contributed by atoms with Crippen LogP contribution in [-0.2, 0) is 11.2 Å². The summed E-state index contributed by atoms with van der Waals surface area (Å²) in [4.78, 5) is 11.4. The molecule has 1 atom stereocenters. The number of halogens is 2. The zero-order valence-corrected chi connectivity index (χ0v) is 11.5. The fraction of sp³-hybridized carbons (Fsp3) is 0.417. The molecule has 1 aliphatic rings. The number of aliphatic carboxylic acids is 1. The van der Waals surface area contributed by atoms with Crippen molar-refractivity contribution in [1.82, 2.24) is 0 Å². The summed E-state index contributed by atoms with van der Waals surface area (Å²) in [5.41, 5.74) is 0.730. The third kappa shape index (κ3) is 2.83. The second-order valence-electron chi connectivity index (χ2n) is 4.21. The van der Waals surface area contributed by atoms with Crippen molar-refractivity contribution in [1.29, 1.82) is 0 Å². The SMILES string of the molecule is O=C(O)C1(Cc2cc(F)cc(Br)c2)CCCS1. The molecule has 0 radical (unpaired) electrons. The van der Waals surface area contributed by atoms with E-state index in [9.17, 15) is 14.3 Å². The first kappa shape index (κ1) is 12.9. The standard InChI is InChI=1S/C12H12BrFO2S/c13-9-4-8(5-10(14)6-9)7-12(11(15)16)2-1-3-17-12/h4-6H,1-3,7H2,(H,15,16). The van der Waals surface area contributed by atoms with E-state index < -0.39 is 10.7 Å². The highest BCUT2D eigenvalue weighted by Crippen LogP contribution is 2.41. The fourth-order valence-electron chi connectivity index (χ4n) is 2.12. The van der Waals surface area contributed by atoms with E-state index in [0.29, 0.717) is 17.3 Å². The molecule has 0 saturated carbocycles. The number of benzene rings is 1. The lowest BCUT2D eigenvalue weighted by atomic mass is 9.94. The molecule has 0 spiro atoms. The Kier molecular flexibility index (Phi) is 3.78. The van der Waals surface area contributed by atoms with Gasteiger partial charge in [0.1, 0.15) is 10.6 Å². The van der Waals surface area contributed by atoms with Crippen LogP contribution in [0.25, 0.3) is 0 Å². The van der Waals surface area contributed by atoms with Crippen molar-refractivity contribution in [3.05, 3.63) is 34.1 Å². The summed E-state index contributed by atoms with van der Waals surface area (Å²) in [5.74, 6) is -0.263. The van der Waals surface area contributed by atoms with Crippen molar-refractivity contribution in [2.24, 2.45) is 0 Å². The summed E-state index contributed by atoms with van der Waals surface area (Å²) in [5, 5.41) is 9.34. The molecule has 5 heteroatoms. The van der Waals surface area contributed by atoms with Crippen molar-refractivity contribution < 1.29 is 14.3 Å². The number of carbonyl (C=O) groups is 1. The Hall–Kier alpha value is -0.550. The highest BCUT2D eigenvalue weighted by atomic mass is 79.9. The number of hydrogen-bond donors (Lipinski definition) is 1. The maximum Gasteiger partial charge on any atom is 0.320 e. The van der Waals surface area contributed by atoms with Crippen LogP contribution in [0.5, 0.6) is 0 Å². The van der Waals surface area contributed by atoms with Gasteiger partial charge in [-0.3, -0.25) is 4.79 Å². The van der Waals surface area contributed by atoms with E-state index in [2.05, 4.69) is 15.9 Å². The minimum Gasteiger partial charge on any atom is -0.480 e. The van der Waals surface area contributed by atoms with Gasteiger partial charge in [0.2, 0.25) is 0 Å². The topological polar surface area (TPSA) is 37.3 Å². The molecule has 0 bridgehead atoms. The highest BCUT2D eigenvalue weighted by molar-refractivity contribution is 9.10. The molecule has 1 fully saturated rings. The molecule has 1 aromatic rings. The first-order chi connectivity index (χ1) is 8.02. The number of carboxylic acids is 1. The highest BCUT2D eigenvalue weighted by Gasteiger charge is 2.42. The number of thioether (sulfide) groups is 1. The molecule has 0 aliphatic carbocycles. The van der Waals surface area contributed by atoms with E-state index in [0.717, 1.165) is 17.7 Å². The van der Waals surface area contributed by atoms with E-state index in [1.165, 1.54) is 23.9 Å². The van der Waals surface area contributed by atoms with Gasteiger partial charge in [-0.15, -0.1) is 11.8 Å². The molecule has 0 amide bonds. The van der Waals surface area contributed by atoms with Crippen LogP contribution in [0.4, 0.5) is 4.39 Å². The molecule has 92 valence electrons. The summed E-state index contributed by atoms with van der Waals surface area (Å²) in [6.07, 6.45) is 1.94. The predicted molar refractivity (Wildman–Crippen MR) is 69.9 cm³/mol. The van der Waals surface area contributed by atoms with E-state index in [4.69, 9.17) is 0 Å². The lowest BCUT2D eigenvalue weighted by Gasteiger charge is -2.23. The first-order valence-corrected chi connectivity index (χ1v) is 7.12. The summed E-state index contributed by atoms with van der Waals surface area (Å²) < 4.78 is 13.1. The Morgan fingerprint density at radius 3 is 2.82 bits per heavy atom. The van der Waals surface area contributed by atoms with Gasteiger partial charge in [0.15, 0.2) is 0 Å². The second kappa shape index (κ2) is 4.98. The first-order valence-electron chi connectivity index (χ1n) is 5.34. The third-order valence-electron chi connectivity index (χ3n) is 2.91. The Balaban J connectivity index is 2.26. The van der Waals surface area contributed by atoms with Gasteiger partial charge in [0.25, 0.3) is 0 Å². The van der Waals surface area contributed by atoms with Gasteiger partial charge in [-0.2, -0.15) is 0 Å². The van der Waals surface area contributed by atoms with E-state index in [1.807, 2.05) is 0 Å². The average molecular weight is 319 g/mol. The van der Waals surface area contributed by atoms with Crippen molar-refractivity contribution in [2.75, 3.05) is 5.75 Å². The van der Waals surface area contributed by atoms with Crippen LogP contribution in [0.3, 0.4) is 0 Å². The summed E-state index contributed by atoms with van der Waals surface area (Å²) in [6, 6.07) is 4.57. The summed E-state index contributed by atoms with van der Waals surface area (Å²) in [6.45, 7) is 0. The van der Waals surface area contributed by atoms with Crippen LogP contribution in [0, 0.1) is 5.82 Å². The maximum absolute atomic E-state index is 13.2. The minimum atomic E-state index is -0.791. The van der Waals surface area contributed by atoms with Gasteiger partial charge in [-0.1, -0.05) is 15.9 Å². The number of hydrogen-bond acceptors (Lipinski definition) is 2. The summed E-state index contributed by atoms with van der Waals surface area (Å²) in [7, 11) is 0. The van der Waals surface area contributed by atoms with Crippen LogP contribution in [-0.4, -0.2) is 21.6 Å². The molecular formula is C12H12BrFO2S. The second-order valence-corrected chi connectivity index (χ2v) is 6.60. The Morgan fingerprint density at radius 2 is 2.29 bits per heavy atom. The monoisotopic (exact) mass is 318 g/mol. The van der Waals surface area contributed by atoms with Crippen molar-refractivity contribution in [3.8, 4) is 0 Å². The summed E-state index contributed by atoms with van der Waals surface area (Å²) >= 11 is 4.69. The Bertz CT molecular complexity index is 424. The minimum absolute atomic E-state index is 0.335. The lowest BCUT2D eigenvalue weighted by Crippen LogP contribution is -2.34. The fourth-order valence-corrected chi connectivity index (χ4v) is 4.00. The molecule has 0 aromatic heterocycles. The van der Waals surface area contributed by atoms with Gasteiger partial charge in [-0.25, -0.2) is 4.39 Å². The maximum atomic E-state index is 13.2. The quantitative estimate of drug-likeness (QED) is 0.927. The zero-order valence-electron chi connectivity index (χ0n) is 9.08. The average Bonchev–Trinajstić information content (AvgIpc) is 2.65. The van der Waals surface area contributed by atoms with Crippen molar-refractivity contribution in [2.45, 2.75) is 24.0 Å². The van der Waals surface area contributed by atoms with E-state index >= 15 is 0 Å². The predicted octanol–water partition coefficient (Wildman–Crippen LogP) is 3.48. The molecule has 1 unspecified atom stereocenters.